The van der Waals surface area contributed by atoms with Crippen LogP contribution >= 0.6 is 22.6 Å². The predicted molar refractivity (Wildman–Crippen MR) is 63.1 cm³/mol. The zero-order chi connectivity index (χ0) is 9.97. The summed E-state index contributed by atoms with van der Waals surface area (Å²) in [4.78, 5) is 11.5. The summed E-state index contributed by atoms with van der Waals surface area (Å²) in [6.07, 6.45) is 7.41. The molecule has 0 amide bonds. The Morgan fingerprint density at radius 3 is 3.07 bits per heavy atom. The lowest BCUT2D eigenvalue weighted by atomic mass is 10.2. The van der Waals surface area contributed by atoms with Crippen LogP contribution in [0, 0.1) is 3.57 Å². The fourth-order valence-corrected chi connectivity index (χ4v) is 1.99. The van der Waals surface area contributed by atoms with Gasteiger partial charge in [-0.25, -0.2) is 4.68 Å². The van der Waals surface area contributed by atoms with E-state index in [1.54, 1.807) is 12.3 Å². The molecular formula is C10H11IN2O. The summed E-state index contributed by atoms with van der Waals surface area (Å²) in [7, 11) is 0. The summed E-state index contributed by atoms with van der Waals surface area (Å²) in [5.74, 6) is 0. The van der Waals surface area contributed by atoms with Crippen LogP contribution in [-0.2, 0) is 6.54 Å². The molecule has 0 radical (unpaired) electrons. The van der Waals surface area contributed by atoms with E-state index in [4.69, 9.17) is 0 Å². The molecule has 3 nitrogen and oxygen atoms in total. The molecule has 1 heterocycles. The molecule has 1 aromatic rings. The van der Waals surface area contributed by atoms with Crippen LogP contribution in [0.1, 0.15) is 19.3 Å². The number of aromatic nitrogens is 2. The smallest absolute Gasteiger partial charge is 0.268 e. The topological polar surface area (TPSA) is 34.9 Å². The zero-order valence-corrected chi connectivity index (χ0v) is 9.90. The number of rotatable bonds is 2. The lowest BCUT2D eigenvalue weighted by molar-refractivity contribution is 0.618. The Morgan fingerprint density at radius 1 is 1.57 bits per heavy atom. The zero-order valence-electron chi connectivity index (χ0n) is 7.74. The van der Waals surface area contributed by atoms with Crippen LogP contribution in [0.3, 0.4) is 0 Å². The Hall–Kier alpha value is -0.650. The van der Waals surface area contributed by atoms with Crippen molar-refractivity contribution in [2.75, 3.05) is 0 Å². The monoisotopic (exact) mass is 302 g/mol. The molecule has 0 unspecified atom stereocenters. The van der Waals surface area contributed by atoms with E-state index in [-0.39, 0.29) is 5.56 Å². The molecule has 0 N–H and O–H groups in total. The molecule has 1 aliphatic rings. The molecule has 0 aromatic carbocycles. The summed E-state index contributed by atoms with van der Waals surface area (Å²) in [6, 6.07) is 1.61. The second-order valence-corrected chi connectivity index (χ2v) is 4.67. The lowest BCUT2D eigenvalue weighted by Gasteiger charge is -2.04. The van der Waals surface area contributed by atoms with Crippen molar-refractivity contribution in [1.29, 1.82) is 0 Å². The van der Waals surface area contributed by atoms with Crippen LogP contribution in [0.25, 0.3) is 0 Å². The first-order valence-corrected chi connectivity index (χ1v) is 5.74. The minimum Gasteiger partial charge on any atom is -0.268 e. The summed E-state index contributed by atoms with van der Waals surface area (Å²) in [5, 5.41) is 4.10. The molecule has 74 valence electrons. The molecule has 0 spiro atoms. The van der Waals surface area contributed by atoms with Crippen molar-refractivity contribution in [2.45, 2.75) is 25.8 Å². The molecule has 1 aliphatic carbocycles. The van der Waals surface area contributed by atoms with Gasteiger partial charge < -0.3 is 0 Å². The number of hydrogen-bond acceptors (Lipinski definition) is 2. The lowest BCUT2D eigenvalue weighted by Crippen LogP contribution is -2.22. The number of hydrogen-bond donors (Lipinski definition) is 0. The Balaban J connectivity index is 2.20. The Bertz CT molecular complexity index is 422. The van der Waals surface area contributed by atoms with E-state index >= 15 is 0 Å². The molecule has 0 saturated heterocycles. The summed E-state index contributed by atoms with van der Waals surface area (Å²) < 4.78 is 2.42. The highest BCUT2D eigenvalue weighted by atomic mass is 127. The number of allylic oxidation sites excluding steroid dienone is 2. The maximum Gasteiger partial charge on any atom is 0.268 e. The van der Waals surface area contributed by atoms with Crippen LogP contribution in [0.2, 0.25) is 0 Å². The van der Waals surface area contributed by atoms with Gasteiger partial charge in [-0.1, -0.05) is 11.6 Å². The second kappa shape index (κ2) is 4.25. The molecular weight excluding hydrogens is 291 g/mol. The van der Waals surface area contributed by atoms with E-state index in [2.05, 4.69) is 33.8 Å². The van der Waals surface area contributed by atoms with Crippen LogP contribution in [0.4, 0.5) is 0 Å². The van der Waals surface area contributed by atoms with Crippen molar-refractivity contribution in [3.05, 3.63) is 37.8 Å². The van der Waals surface area contributed by atoms with Crippen molar-refractivity contribution in [2.24, 2.45) is 0 Å². The minimum atomic E-state index is -0.00954. The third-order valence-electron chi connectivity index (χ3n) is 2.32. The van der Waals surface area contributed by atoms with Gasteiger partial charge in [0, 0.05) is 9.64 Å². The fourth-order valence-electron chi connectivity index (χ4n) is 1.60. The van der Waals surface area contributed by atoms with Gasteiger partial charge in [0.25, 0.3) is 5.56 Å². The Kier molecular flexibility index (Phi) is 3.00. The second-order valence-electron chi connectivity index (χ2n) is 3.42. The summed E-state index contributed by atoms with van der Waals surface area (Å²) >= 11 is 2.10. The molecule has 0 bridgehead atoms. The van der Waals surface area contributed by atoms with E-state index in [0.717, 1.165) is 16.4 Å². The summed E-state index contributed by atoms with van der Waals surface area (Å²) in [5.41, 5.74) is 1.32. The molecule has 14 heavy (non-hydrogen) atoms. The Morgan fingerprint density at radius 2 is 2.43 bits per heavy atom. The first kappa shape index (κ1) is 9.89. The average molecular weight is 302 g/mol. The first-order valence-electron chi connectivity index (χ1n) is 4.66. The van der Waals surface area contributed by atoms with Gasteiger partial charge in [-0.2, -0.15) is 5.10 Å². The minimum absolute atomic E-state index is 0.00954. The van der Waals surface area contributed by atoms with Gasteiger partial charge in [-0.3, -0.25) is 4.79 Å². The third-order valence-corrected chi connectivity index (χ3v) is 2.91. The normalized spacial score (nSPS) is 15.6. The van der Waals surface area contributed by atoms with Crippen LogP contribution in [0.15, 0.2) is 28.7 Å². The van der Waals surface area contributed by atoms with Gasteiger partial charge in [0.1, 0.15) is 0 Å². The van der Waals surface area contributed by atoms with E-state index < -0.39 is 0 Å². The van der Waals surface area contributed by atoms with Crippen molar-refractivity contribution < 1.29 is 0 Å². The number of halogens is 1. The van der Waals surface area contributed by atoms with Crippen molar-refractivity contribution >= 4 is 22.6 Å². The van der Waals surface area contributed by atoms with E-state index in [9.17, 15) is 4.79 Å². The average Bonchev–Trinajstić information content (AvgIpc) is 2.62. The molecule has 2 rings (SSSR count). The highest BCUT2D eigenvalue weighted by Gasteiger charge is 2.06. The fraction of sp³-hybridized carbons (Fsp3) is 0.400. The van der Waals surface area contributed by atoms with Gasteiger partial charge in [0.05, 0.1) is 12.7 Å². The maximum absolute atomic E-state index is 11.5. The predicted octanol–water partition coefficient (Wildman–Crippen LogP) is 1.96. The summed E-state index contributed by atoms with van der Waals surface area (Å²) in [6.45, 7) is 0.662. The highest BCUT2D eigenvalue weighted by molar-refractivity contribution is 14.1. The molecule has 4 heteroatoms. The van der Waals surface area contributed by atoms with Crippen LogP contribution in [-0.4, -0.2) is 9.78 Å². The Labute approximate surface area is 96.0 Å². The maximum atomic E-state index is 11.5. The largest absolute Gasteiger partial charge is 0.268 e. The molecule has 0 fully saturated rings. The van der Waals surface area contributed by atoms with Crippen molar-refractivity contribution in [3.63, 3.8) is 0 Å². The van der Waals surface area contributed by atoms with Gasteiger partial charge >= 0.3 is 0 Å². The third kappa shape index (κ3) is 2.23. The van der Waals surface area contributed by atoms with E-state index in [1.165, 1.54) is 16.7 Å². The van der Waals surface area contributed by atoms with E-state index in [1.807, 2.05) is 0 Å². The first-order chi connectivity index (χ1) is 6.75. The van der Waals surface area contributed by atoms with Crippen LogP contribution in [0.5, 0.6) is 0 Å². The SMILES string of the molecule is O=c1cc(I)cnn1CC1=CCCC1. The van der Waals surface area contributed by atoms with E-state index in [0.29, 0.717) is 6.54 Å². The van der Waals surface area contributed by atoms with Crippen molar-refractivity contribution in [3.8, 4) is 0 Å². The molecule has 0 saturated carbocycles. The van der Waals surface area contributed by atoms with Crippen molar-refractivity contribution in [1.82, 2.24) is 9.78 Å². The quantitative estimate of drug-likeness (QED) is 0.618. The molecule has 1 aromatic heterocycles. The molecule has 0 atom stereocenters. The van der Waals surface area contributed by atoms with Crippen LogP contribution < -0.4 is 5.56 Å². The highest BCUT2D eigenvalue weighted by Crippen LogP contribution is 2.18. The van der Waals surface area contributed by atoms with Gasteiger partial charge in [0.2, 0.25) is 0 Å². The standard InChI is InChI=1S/C10H11IN2O/c11-9-5-10(14)13(12-6-9)7-8-3-1-2-4-8/h3,5-6H,1-2,4,7H2. The van der Waals surface area contributed by atoms with Gasteiger partial charge in [-0.15, -0.1) is 0 Å². The number of nitrogens with zero attached hydrogens (tertiary/aromatic N) is 2. The van der Waals surface area contributed by atoms with Gasteiger partial charge in [-0.05, 0) is 41.9 Å². The van der Waals surface area contributed by atoms with Gasteiger partial charge in [0.15, 0.2) is 0 Å². The molecule has 0 aliphatic heterocycles.